The summed E-state index contributed by atoms with van der Waals surface area (Å²) in [5.74, 6) is -0.824. The second kappa shape index (κ2) is 7.36. The number of halogens is 1. The number of rotatable bonds is 7. The molecule has 0 aliphatic heterocycles. The standard InChI is InChI=1S/C14H20ClNO3/c1-3-9(4-2)13(17)8-16-12-6-5-10(15)7-11(12)14(18)19/h5-7,9,13,16-17H,3-4,8H2,1-2H3,(H,18,19). The van der Waals surface area contributed by atoms with Gasteiger partial charge in [0.25, 0.3) is 0 Å². The van der Waals surface area contributed by atoms with Crippen LogP contribution in [0.25, 0.3) is 0 Å². The Morgan fingerprint density at radius 2 is 2.00 bits per heavy atom. The van der Waals surface area contributed by atoms with Crippen LogP contribution < -0.4 is 5.32 Å². The molecule has 106 valence electrons. The summed E-state index contributed by atoms with van der Waals surface area (Å²) in [5, 5.41) is 22.5. The van der Waals surface area contributed by atoms with Gasteiger partial charge in [-0.15, -0.1) is 0 Å². The van der Waals surface area contributed by atoms with Gasteiger partial charge in [-0.25, -0.2) is 4.79 Å². The van der Waals surface area contributed by atoms with Crippen LogP contribution in [0.4, 0.5) is 5.69 Å². The number of carbonyl (C=O) groups is 1. The molecule has 0 radical (unpaired) electrons. The minimum atomic E-state index is -1.04. The van der Waals surface area contributed by atoms with E-state index in [9.17, 15) is 9.90 Å². The first kappa shape index (κ1) is 15.8. The van der Waals surface area contributed by atoms with Crippen molar-refractivity contribution in [3.8, 4) is 0 Å². The van der Waals surface area contributed by atoms with E-state index in [2.05, 4.69) is 5.32 Å². The molecule has 19 heavy (non-hydrogen) atoms. The van der Waals surface area contributed by atoms with Gasteiger partial charge in [0.2, 0.25) is 0 Å². The average Bonchev–Trinajstić information content (AvgIpc) is 2.38. The second-order valence-electron chi connectivity index (χ2n) is 4.52. The smallest absolute Gasteiger partial charge is 0.337 e. The number of hydrogen-bond donors (Lipinski definition) is 3. The highest BCUT2D eigenvalue weighted by Crippen LogP contribution is 2.21. The minimum Gasteiger partial charge on any atom is -0.478 e. The summed E-state index contributed by atoms with van der Waals surface area (Å²) in [5.41, 5.74) is 0.589. The predicted octanol–water partition coefficient (Wildman–Crippen LogP) is 3.25. The summed E-state index contributed by atoms with van der Waals surface area (Å²) in [6, 6.07) is 4.64. The Morgan fingerprint density at radius 1 is 1.37 bits per heavy atom. The summed E-state index contributed by atoms with van der Waals surface area (Å²) >= 11 is 5.78. The van der Waals surface area contributed by atoms with E-state index in [4.69, 9.17) is 16.7 Å². The molecule has 1 aromatic carbocycles. The molecule has 0 amide bonds. The Kier molecular flexibility index (Phi) is 6.12. The summed E-state index contributed by atoms with van der Waals surface area (Å²) < 4.78 is 0. The van der Waals surface area contributed by atoms with Crippen molar-refractivity contribution >= 4 is 23.3 Å². The van der Waals surface area contributed by atoms with Gasteiger partial charge in [0, 0.05) is 17.3 Å². The van der Waals surface area contributed by atoms with E-state index in [0.717, 1.165) is 12.8 Å². The van der Waals surface area contributed by atoms with Crippen LogP contribution in [0.1, 0.15) is 37.0 Å². The molecular formula is C14H20ClNO3. The lowest BCUT2D eigenvalue weighted by Gasteiger charge is -2.21. The first-order valence-electron chi connectivity index (χ1n) is 6.44. The van der Waals surface area contributed by atoms with Crippen LogP contribution in [0.15, 0.2) is 18.2 Å². The van der Waals surface area contributed by atoms with E-state index in [-0.39, 0.29) is 11.5 Å². The van der Waals surface area contributed by atoms with Crippen molar-refractivity contribution in [2.45, 2.75) is 32.8 Å². The highest BCUT2D eigenvalue weighted by molar-refractivity contribution is 6.31. The molecule has 4 nitrogen and oxygen atoms in total. The lowest BCUT2D eigenvalue weighted by atomic mass is 9.96. The number of hydrogen-bond acceptors (Lipinski definition) is 3. The third-order valence-electron chi connectivity index (χ3n) is 3.31. The van der Waals surface area contributed by atoms with Gasteiger partial charge in [0.15, 0.2) is 0 Å². The Morgan fingerprint density at radius 3 is 2.53 bits per heavy atom. The summed E-state index contributed by atoms with van der Waals surface area (Å²) in [6.07, 6.45) is 1.30. The molecule has 0 heterocycles. The van der Waals surface area contributed by atoms with Gasteiger partial charge in [-0.3, -0.25) is 0 Å². The molecule has 1 atom stereocenters. The van der Waals surface area contributed by atoms with Crippen molar-refractivity contribution < 1.29 is 15.0 Å². The molecule has 5 heteroatoms. The van der Waals surface area contributed by atoms with Gasteiger partial charge in [0.05, 0.1) is 11.7 Å². The van der Waals surface area contributed by atoms with Crippen LogP contribution in [0.5, 0.6) is 0 Å². The number of benzene rings is 1. The zero-order valence-corrected chi connectivity index (χ0v) is 11.9. The zero-order chi connectivity index (χ0) is 14.4. The van der Waals surface area contributed by atoms with E-state index >= 15 is 0 Å². The molecular weight excluding hydrogens is 266 g/mol. The van der Waals surface area contributed by atoms with Gasteiger partial charge in [-0.1, -0.05) is 38.3 Å². The van der Waals surface area contributed by atoms with Gasteiger partial charge in [0.1, 0.15) is 0 Å². The predicted molar refractivity (Wildman–Crippen MR) is 77.0 cm³/mol. The van der Waals surface area contributed by atoms with Crippen LogP contribution in [0.3, 0.4) is 0 Å². The van der Waals surface area contributed by atoms with Crippen molar-refractivity contribution in [1.82, 2.24) is 0 Å². The molecule has 0 aromatic heterocycles. The van der Waals surface area contributed by atoms with Gasteiger partial charge in [-0.05, 0) is 24.1 Å². The number of aliphatic hydroxyl groups is 1. The SMILES string of the molecule is CCC(CC)C(O)CNc1ccc(Cl)cc1C(=O)O. The number of carboxylic acids is 1. The van der Waals surface area contributed by atoms with Crippen molar-refractivity contribution in [3.05, 3.63) is 28.8 Å². The van der Waals surface area contributed by atoms with Crippen LogP contribution >= 0.6 is 11.6 Å². The molecule has 0 spiro atoms. The number of anilines is 1. The molecule has 0 fully saturated rings. The van der Waals surface area contributed by atoms with Crippen molar-refractivity contribution in [2.75, 3.05) is 11.9 Å². The van der Waals surface area contributed by atoms with Gasteiger partial charge >= 0.3 is 5.97 Å². The highest BCUT2D eigenvalue weighted by atomic mass is 35.5. The average molecular weight is 286 g/mol. The monoisotopic (exact) mass is 285 g/mol. The van der Waals surface area contributed by atoms with Gasteiger partial charge in [-0.2, -0.15) is 0 Å². The van der Waals surface area contributed by atoms with Gasteiger partial charge < -0.3 is 15.5 Å². The minimum absolute atomic E-state index is 0.115. The molecule has 1 rings (SSSR count). The molecule has 1 unspecified atom stereocenters. The second-order valence-corrected chi connectivity index (χ2v) is 4.96. The first-order chi connectivity index (χ1) is 8.99. The molecule has 0 saturated carbocycles. The van der Waals surface area contributed by atoms with E-state index in [1.807, 2.05) is 13.8 Å². The lowest BCUT2D eigenvalue weighted by molar-refractivity contribution is 0.0697. The highest BCUT2D eigenvalue weighted by Gasteiger charge is 2.17. The van der Waals surface area contributed by atoms with Crippen LogP contribution in [0.2, 0.25) is 5.02 Å². The quantitative estimate of drug-likeness (QED) is 0.719. The first-order valence-corrected chi connectivity index (χ1v) is 6.82. The van der Waals surface area contributed by atoms with E-state index in [1.54, 1.807) is 12.1 Å². The molecule has 3 N–H and O–H groups in total. The maximum absolute atomic E-state index is 11.1. The summed E-state index contributed by atoms with van der Waals surface area (Å²) in [7, 11) is 0. The zero-order valence-electron chi connectivity index (χ0n) is 11.2. The summed E-state index contributed by atoms with van der Waals surface area (Å²) in [4.78, 5) is 11.1. The van der Waals surface area contributed by atoms with E-state index in [0.29, 0.717) is 17.3 Å². The fourth-order valence-corrected chi connectivity index (χ4v) is 2.23. The topological polar surface area (TPSA) is 69.6 Å². The molecule has 0 saturated heterocycles. The Labute approximate surface area is 118 Å². The molecule has 1 aromatic rings. The molecule has 0 bridgehead atoms. The Hall–Kier alpha value is -1.26. The fraction of sp³-hybridized carbons (Fsp3) is 0.500. The molecule has 0 aliphatic carbocycles. The molecule has 0 aliphatic rings. The van der Waals surface area contributed by atoms with E-state index < -0.39 is 12.1 Å². The number of nitrogens with one attached hydrogen (secondary N) is 1. The number of carboxylic acid groups (broad SMARTS) is 1. The number of aliphatic hydroxyl groups excluding tert-OH is 1. The van der Waals surface area contributed by atoms with Crippen molar-refractivity contribution in [2.24, 2.45) is 5.92 Å². The largest absolute Gasteiger partial charge is 0.478 e. The number of aromatic carboxylic acids is 1. The van der Waals surface area contributed by atoms with Crippen LogP contribution in [-0.4, -0.2) is 28.8 Å². The normalized spacial score (nSPS) is 12.5. The third kappa shape index (κ3) is 4.40. The fourth-order valence-electron chi connectivity index (χ4n) is 2.06. The maximum Gasteiger partial charge on any atom is 0.337 e. The third-order valence-corrected chi connectivity index (χ3v) is 3.54. The van der Waals surface area contributed by atoms with Crippen molar-refractivity contribution in [3.63, 3.8) is 0 Å². The Bertz CT molecular complexity index is 433. The lowest BCUT2D eigenvalue weighted by Crippen LogP contribution is -2.28. The van der Waals surface area contributed by atoms with Crippen molar-refractivity contribution in [1.29, 1.82) is 0 Å². The van der Waals surface area contributed by atoms with Crippen LogP contribution in [-0.2, 0) is 0 Å². The summed E-state index contributed by atoms with van der Waals surface area (Å²) in [6.45, 7) is 4.39. The van der Waals surface area contributed by atoms with Crippen LogP contribution in [0, 0.1) is 5.92 Å². The Balaban J connectivity index is 2.75. The van der Waals surface area contributed by atoms with E-state index in [1.165, 1.54) is 6.07 Å². The maximum atomic E-state index is 11.1.